The fraction of sp³-hybridized carbons (Fsp3) is 0.171. The Morgan fingerprint density at radius 1 is 0.867 bits per heavy atom. The second kappa shape index (κ2) is 10.7. The summed E-state index contributed by atoms with van der Waals surface area (Å²) in [6, 6.07) is 28.6. The highest BCUT2D eigenvalue weighted by Crippen LogP contribution is 2.47. The number of para-hydroxylation sites is 2. The summed E-state index contributed by atoms with van der Waals surface area (Å²) in [6.45, 7) is 6.06. The fourth-order valence-corrected chi connectivity index (χ4v) is 7.22. The molecule has 9 nitrogen and oxygen atoms in total. The molecule has 0 saturated carbocycles. The third kappa shape index (κ3) is 4.69. The summed E-state index contributed by atoms with van der Waals surface area (Å²) in [4.78, 5) is 20.7. The number of fused-ring (bicyclic) bond motifs is 4. The Morgan fingerprint density at radius 2 is 1.51 bits per heavy atom. The van der Waals surface area contributed by atoms with E-state index in [9.17, 15) is 13.2 Å². The number of rotatable bonds is 6. The number of anilines is 2. The van der Waals surface area contributed by atoms with Crippen LogP contribution in [0.5, 0.6) is 5.75 Å². The molecule has 0 bridgehead atoms. The second-order valence-electron chi connectivity index (χ2n) is 11.4. The number of nitrogens with one attached hydrogen (secondary N) is 1. The molecule has 1 atom stereocenters. The Bertz CT molecular complexity index is 2080. The SMILES string of the molecule is COc1ccc([C@@H]2c3c(C)nn(-c4ccc(S(=O)(=O)c5ccc(C(C)C)cc5)cc4)c3N=C3C(=O)Nc4ccccc4N32)cc1. The largest absolute Gasteiger partial charge is 0.497 e. The summed E-state index contributed by atoms with van der Waals surface area (Å²) in [5.41, 5.74) is 5.73. The van der Waals surface area contributed by atoms with Gasteiger partial charge in [0.2, 0.25) is 15.7 Å². The Morgan fingerprint density at radius 3 is 2.16 bits per heavy atom. The van der Waals surface area contributed by atoms with Gasteiger partial charge in [0, 0.05) is 5.56 Å². The number of aromatic nitrogens is 2. The minimum absolute atomic E-state index is 0.179. The minimum Gasteiger partial charge on any atom is -0.497 e. The summed E-state index contributed by atoms with van der Waals surface area (Å²) >= 11 is 0. The zero-order valence-electron chi connectivity index (χ0n) is 25.2. The van der Waals surface area contributed by atoms with Crippen molar-refractivity contribution in [2.24, 2.45) is 4.99 Å². The second-order valence-corrected chi connectivity index (χ2v) is 13.4. The smallest absolute Gasteiger partial charge is 0.291 e. The van der Waals surface area contributed by atoms with E-state index in [1.54, 1.807) is 48.2 Å². The molecule has 1 aromatic heterocycles. The number of ether oxygens (including phenoxy) is 1. The van der Waals surface area contributed by atoms with Crippen molar-refractivity contribution in [2.45, 2.75) is 42.5 Å². The number of sulfone groups is 1. The maximum atomic E-state index is 13.5. The van der Waals surface area contributed by atoms with Crippen LogP contribution in [0.25, 0.3) is 5.69 Å². The maximum absolute atomic E-state index is 13.5. The standard InChI is InChI=1S/C35H31N5O4S/c1-21(2)23-11-17-27(18-12-23)45(42,43)28-19-13-25(14-20-28)40-33-31(22(3)38-40)32(24-9-15-26(44-4)16-10-24)39-30-8-6-5-7-29(30)36-35(41)34(39)37-33/h5-21,32H,1-4H3,(H,36,41)/t32-/m1/s1. The molecule has 1 amide bonds. The summed E-state index contributed by atoms with van der Waals surface area (Å²) < 4.78 is 34.0. The highest BCUT2D eigenvalue weighted by molar-refractivity contribution is 7.91. The summed E-state index contributed by atoms with van der Waals surface area (Å²) in [7, 11) is -2.10. The number of amides is 1. The van der Waals surface area contributed by atoms with E-state index in [0.717, 1.165) is 33.8 Å². The average molecular weight is 618 g/mol. The first kappa shape index (κ1) is 28.5. The number of carbonyl (C=O) groups excluding carboxylic acids is 1. The van der Waals surface area contributed by atoms with E-state index < -0.39 is 15.9 Å². The van der Waals surface area contributed by atoms with Gasteiger partial charge in [-0.25, -0.2) is 18.1 Å². The van der Waals surface area contributed by atoms with Crippen molar-refractivity contribution in [3.63, 3.8) is 0 Å². The number of benzene rings is 4. The molecule has 0 fully saturated rings. The van der Waals surface area contributed by atoms with Gasteiger partial charge in [0.05, 0.1) is 45.7 Å². The Balaban J connectivity index is 1.34. The van der Waals surface area contributed by atoms with Gasteiger partial charge < -0.3 is 15.0 Å². The van der Waals surface area contributed by atoms with Crippen molar-refractivity contribution in [1.29, 1.82) is 0 Å². The Kier molecular flexibility index (Phi) is 6.81. The van der Waals surface area contributed by atoms with E-state index >= 15 is 0 Å². The number of nitrogens with zero attached hydrogens (tertiary/aromatic N) is 4. The predicted molar refractivity (Wildman–Crippen MR) is 174 cm³/mol. The maximum Gasteiger partial charge on any atom is 0.291 e. The number of aryl methyl sites for hydroxylation is 1. The summed E-state index contributed by atoms with van der Waals surface area (Å²) in [5.74, 6) is 1.45. The van der Waals surface area contributed by atoms with Gasteiger partial charge in [0.25, 0.3) is 5.91 Å². The first-order valence-electron chi connectivity index (χ1n) is 14.6. The number of carbonyl (C=O) groups is 1. The highest BCUT2D eigenvalue weighted by atomic mass is 32.2. The monoisotopic (exact) mass is 617 g/mol. The molecule has 2 aliphatic rings. The normalized spacial score (nSPS) is 15.6. The first-order valence-corrected chi connectivity index (χ1v) is 16.1. The highest BCUT2D eigenvalue weighted by Gasteiger charge is 2.42. The number of hydrogen-bond donors (Lipinski definition) is 1. The van der Waals surface area contributed by atoms with Crippen molar-refractivity contribution in [1.82, 2.24) is 9.78 Å². The lowest BCUT2D eigenvalue weighted by Crippen LogP contribution is -2.48. The molecule has 5 aromatic rings. The zero-order chi connectivity index (χ0) is 31.5. The Labute approximate surface area is 261 Å². The van der Waals surface area contributed by atoms with E-state index in [0.29, 0.717) is 23.1 Å². The lowest BCUT2D eigenvalue weighted by Gasteiger charge is -2.40. The van der Waals surface area contributed by atoms with Crippen molar-refractivity contribution in [3.05, 3.63) is 119 Å². The molecule has 2 aliphatic heterocycles. The van der Waals surface area contributed by atoms with Crippen molar-refractivity contribution in [3.8, 4) is 11.4 Å². The van der Waals surface area contributed by atoms with Crippen LogP contribution in [0.3, 0.4) is 0 Å². The minimum atomic E-state index is -3.72. The molecule has 0 saturated heterocycles. The molecule has 4 aromatic carbocycles. The summed E-state index contributed by atoms with van der Waals surface area (Å²) in [5, 5.41) is 7.83. The lowest BCUT2D eigenvalue weighted by molar-refractivity contribution is -0.110. The topological polar surface area (TPSA) is 106 Å². The van der Waals surface area contributed by atoms with Crippen LogP contribution in [-0.2, 0) is 14.6 Å². The van der Waals surface area contributed by atoms with E-state index in [4.69, 9.17) is 14.8 Å². The molecule has 3 heterocycles. The van der Waals surface area contributed by atoms with Crippen LogP contribution in [0.1, 0.15) is 48.2 Å². The van der Waals surface area contributed by atoms with Crippen LogP contribution < -0.4 is 15.0 Å². The number of hydrogen-bond acceptors (Lipinski definition) is 7. The fourth-order valence-electron chi connectivity index (χ4n) is 5.96. The molecular weight excluding hydrogens is 586 g/mol. The lowest BCUT2D eigenvalue weighted by atomic mass is 9.93. The third-order valence-corrected chi connectivity index (χ3v) is 10.1. The third-order valence-electron chi connectivity index (χ3n) is 8.35. The van der Waals surface area contributed by atoms with E-state index in [1.807, 2.05) is 72.5 Å². The molecule has 10 heteroatoms. The van der Waals surface area contributed by atoms with Crippen molar-refractivity contribution < 1.29 is 17.9 Å². The first-order chi connectivity index (χ1) is 21.7. The van der Waals surface area contributed by atoms with Gasteiger partial charge in [-0.3, -0.25) is 4.79 Å². The van der Waals surface area contributed by atoms with Crippen LogP contribution in [-0.4, -0.2) is 37.1 Å². The Hall–Kier alpha value is -5.22. The van der Waals surface area contributed by atoms with E-state index in [1.165, 1.54) is 0 Å². The van der Waals surface area contributed by atoms with Crippen LogP contribution in [0.4, 0.5) is 17.2 Å². The van der Waals surface area contributed by atoms with Gasteiger partial charge in [0.15, 0.2) is 5.82 Å². The molecule has 0 spiro atoms. The van der Waals surface area contributed by atoms with Crippen LogP contribution in [0.15, 0.2) is 112 Å². The summed E-state index contributed by atoms with van der Waals surface area (Å²) in [6.07, 6.45) is 0. The van der Waals surface area contributed by atoms with Gasteiger partial charge in [-0.05, 0) is 84.6 Å². The molecule has 45 heavy (non-hydrogen) atoms. The van der Waals surface area contributed by atoms with Crippen LogP contribution in [0, 0.1) is 6.92 Å². The number of amidine groups is 1. The molecule has 0 unspecified atom stereocenters. The predicted octanol–water partition coefficient (Wildman–Crippen LogP) is 6.74. The average Bonchev–Trinajstić information content (AvgIpc) is 3.39. The number of methoxy groups -OCH3 is 1. The molecule has 1 N–H and O–H groups in total. The molecule has 0 aliphatic carbocycles. The van der Waals surface area contributed by atoms with Gasteiger partial charge in [0.1, 0.15) is 5.75 Å². The van der Waals surface area contributed by atoms with E-state index in [2.05, 4.69) is 19.2 Å². The van der Waals surface area contributed by atoms with Gasteiger partial charge in [-0.2, -0.15) is 5.10 Å². The van der Waals surface area contributed by atoms with Crippen molar-refractivity contribution >= 4 is 38.8 Å². The van der Waals surface area contributed by atoms with E-state index in [-0.39, 0.29) is 21.5 Å². The van der Waals surface area contributed by atoms with Crippen molar-refractivity contribution in [2.75, 3.05) is 17.3 Å². The van der Waals surface area contributed by atoms with Crippen LogP contribution in [0.2, 0.25) is 0 Å². The van der Waals surface area contributed by atoms with Gasteiger partial charge >= 0.3 is 0 Å². The van der Waals surface area contributed by atoms with Crippen LogP contribution >= 0.6 is 0 Å². The molecule has 0 radical (unpaired) electrons. The molecule has 7 rings (SSSR count). The van der Waals surface area contributed by atoms with Gasteiger partial charge in [-0.1, -0.05) is 50.2 Å². The molecule has 226 valence electrons. The quantitative estimate of drug-likeness (QED) is 0.226. The van der Waals surface area contributed by atoms with Gasteiger partial charge in [-0.15, -0.1) is 0 Å². The number of aliphatic imine (C=N–C) groups is 1. The molecular formula is C35H31N5O4S. The zero-order valence-corrected chi connectivity index (χ0v) is 26.0.